The van der Waals surface area contributed by atoms with Gasteiger partial charge in [0.15, 0.2) is 5.15 Å². The number of nitrogens with two attached hydrogens (primary N) is 1. The Bertz CT molecular complexity index is 300. The fourth-order valence-corrected chi connectivity index (χ4v) is 0.685. The second-order valence-electron chi connectivity index (χ2n) is 2.00. The number of primary amides is 1. The van der Waals surface area contributed by atoms with Crippen LogP contribution in [0, 0.1) is 6.92 Å². The van der Waals surface area contributed by atoms with Crippen molar-refractivity contribution in [3.8, 4) is 0 Å². The molecule has 1 aromatic heterocycles. The van der Waals surface area contributed by atoms with E-state index in [1.165, 1.54) is 6.20 Å². The molecule has 0 spiro atoms. The van der Waals surface area contributed by atoms with Gasteiger partial charge in [-0.05, 0) is 6.92 Å². The standard InChI is InChI=1S/C6H6ClN3O/c1-3-5(7)10-4(2-9-3)6(8)11/h2H,1H3,(H2,8,11). The van der Waals surface area contributed by atoms with Gasteiger partial charge in [-0.2, -0.15) is 0 Å². The van der Waals surface area contributed by atoms with E-state index in [0.717, 1.165) is 0 Å². The number of nitrogens with zero attached hydrogens (tertiary/aromatic N) is 2. The van der Waals surface area contributed by atoms with Crippen molar-refractivity contribution in [3.05, 3.63) is 22.7 Å². The van der Waals surface area contributed by atoms with Crippen LogP contribution in [0.25, 0.3) is 0 Å². The van der Waals surface area contributed by atoms with E-state index in [4.69, 9.17) is 17.3 Å². The Balaban J connectivity index is 3.15. The van der Waals surface area contributed by atoms with Gasteiger partial charge in [-0.15, -0.1) is 0 Å². The second-order valence-corrected chi connectivity index (χ2v) is 2.35. The van der Waals surface area contributed by atoms with E-state index in [1.54, 1.807) is 6.92 Å². The van der Waals surface area contributed by atoms with Crippen LogP contribution in [0.15, 0.2) is 6.20 Å². The van der Waals surface area contributed by atoms with Crippen molar-refractivity contribution in [1.82, 2.24) is 9.97 Å². The zero-order valence-electron chi connectivity index (χ0n) is 5.84. The van der Waals surface area contributed by atoms with E-state index in [9.17, 15) is 4.79 Å². The summed E-state index contributed by atoms with van der Waals surface area (Å²) in [7, 11) is 0. The van der Waals surface area contributed by atoms with E-state index in [0.29, 0.717) is 5.69 Å². The average Bonchev–Trinajstić information content (AvgIpc) is 1.94. The number of halogens is 1. The number of carbonyl (C=O) groups is 1. The first-order valence-corrected chi connectivity index (χ1v) is 3.28. The number of rotatable bonds is 1. The van der Waals surface area contributed by atoms with Gasteiger partial charge in [-0.3, -0.25) is 9.78 Å². The first-order chi connectivity index (χ1) is 5.11. The number of amides is 1. The minimum Gasteiger partial charge on any atom is -0.364 e. The lowest BCUT2D eigenvalue weighted by Gasteiger charge is -1.96. The number of aryl methyl sites for hydroxylation is 1. The fraction of sp³-hybridized carbons (Fsp3) is 0.167. The van der Waals surface area contributed by atoms with Crippen molar-refractivity contribution in [2.45, 2.75) is 6.92 Å². The highest BCUT2D eigenvalue weighted by Gasteiger charge is 2.04. The average molecular weight is 172 g/mol. The van der Waals surface area contributed by atoms with E-state index < -0.39 is 5.91 Å². The molecule has 2 N–H and O–H groups in total. The van der Waals surface area contributed by atoms with Crippen molar-refractivity contribution >= 4 is 17.5 Å². The number of carbonyl (C=O) groups excluding carboxylic acids is 1. The maximum atomic E-state index is 10.5. The van der Waals surface area contributed by atoms with Crippen LogP contribution in [0.4, 0.5) is 0 Å². The third-order valence-corrected chi connectivity index (χ3v) is 1.51. The molecule has 0 saturated heterocycles. The van der Waals surface area contributed by atoms with Gasteiger partial charge >= 0.3 is 0 Å². The quantitative estimate of drug-likeness (QED) is 0.671. The van der Waals surface area contributed by atoms with Gasteiger partial charge in [0.1, 0.15) is 5.69 Å². The highest BCUT2D eigenvalue weighted by atomic mass is 35.5. The molecule has 0 radical (unpaired) electrons. The van der Waals surface area contributed by atoms with Crippen molar-refractivity contribution in [3.63, 3.8) is 0 Å². The summed E-state index contributed by atoms with van der Waals surface area (Å²) in [5, 5.41) is 0.210. The van der Waals surface area contributed by atoms with Crippen LogP contribution in [0.2, 0.25) is 5.15 Å². The van der Waals surface area contributed by atoms with Crippen LogP contribution in [0.5, 0.6) is 0 Å². The highest BCUT2D eigenvalue weighted by molar-refractivity contribution is 6.30. The molecule has 1 amide bonds. The monoisotopic (exact) mass is 171 g/mol. The first-order valence-electron chi connectivity index (χ1n) is 2.90. The van der Waals surface area contributed by atoms with E-state index in [1.807, 2.05) is 0 Å². The highest BCUT2D eigenvalue weighted by Crippen LogP contribution is 2.08. The van der Waals surface area contributed by atoms with Crippen LogP contribution >= 0.6 is 11.6 Å². The molecular weight excluding hydrogens is 166 g/mol. The maximum Gasteiger partial charge on any atom is 0.268 e. The van der Waals surface area contributed by atoms with Crippen molar-refractivity contribution in [2.75, 3.05) is 0 Å². The number of hydrogen-bond donors (Lipinski definition) is 1. The fourth-order valence-electron chi connectivity index (χ4n) is 0.545. The van der Waals surface area contributed by atoms with Crippen molar-refractivity contribution in [1.29, 1.82) is 0 Å². The van der Waals surface area contributed by atoms with Crippen molar-refractivity contribution in [2.24, 2.45) is 5.73 Å². The SMILES string of the molecule is Cc1ncc(C(N)=O)nc1Cl. The van der Waals surface area contributed by atoms with Crippen LogP contribution in [-0.4, -0.2) is 15.9 Å². The van der Waals surface area contributed by atoms with Gasteiger partial charge in [0.05, 0.1) is 11.9 Å². The Hall–Kier alpha value is -1.16. The number of aromatic nitrogens is 2. The van der Waals surface area contributed by atoms with Gasteiger partial charge in [-0.25, -0.2) is 4.98 Å². The predicted octanol–water partition coefficient (Wildman–Crippen LogP) is 0.537. The summed E-state index contributed by atoms with van der Waals surface area (Å²) >= 11 is 5.58. The molecule has 1 heterocycles. The molecule has 1 rings (SSSR count). The topological polar surface area (TPSA) is 68.9 Å². The normalized spacial score (nSPS) is 9.64. The Kier molecular flexibility index (Phi) is 2.05. The molecule has 4 nitrogen and oxygen atoms in total. The minimum absolute atomic E-state index is 0.0839. The first kappa shape index (κ1) is 7.94. The lowest BCUT2D eigenvalue weighted by molar-refractivity contribution is 0.0995. The largest absolute Gasteiger partial charge is 0.364 e. The van der Waals surface area contributed by atoms with Gasteiger partial charge in [-0.1, -0.05) is 11.6 Å². The van der Waals surface area contributed by atoms with Gasteiger partial charge in [0, 0.05) is 0 Å². The molecule has 0 atom stereocenters. The molecule has 0 fully saturated rings. The molecule has 0 aromatic carbocycles. The number of hydrogen-bond acceptors (Lipinski definition) is 3. The minimum atomic E-state index is -0.626. The molecular formula is C6H6ClN3O. The molecule has 58 valence electrons. The molecule has 0 bridgehead atoms. The Morgan fingerprint density at radius 3 is 2.82 bits per heavy atom. The Labute approximate surface area is 68.4 Å². The predicted molar refractivity (Wildman–Crippen MR) is 40.3 cm³/mol. The summed E-state index contributed by atoms with van der Waals surface area (Å²) in [6.07, 6.45) is 1.30. The van der Waals surface area contributed by atoms with Gasteiger partial charge in [0.25, 0.3) is 5.91 Å². The van der Waals surface area contributed by atoms with Crippen LogP contribution in [-0.2, 0) is 0 Å². The summed E-state index contributed by atoms with van der Waals surface area (Å²) in [5.41, 5.74) is 5.60. The molecule has 0 aliphatic heterocycles. The molecule has 1 aromatic rings. The summed E-state index contributed by atoms with van der Waals surface area (Å²) in [6, 6.07) is 0. The molecule has 0 aliphatic carbocycles. The molecule has 11 heavy (non-hydrogen) atoms. The van der Waals surface area contributed by atoms with Gasteiger partial charge in [0.2, 0.25) is 0 Å². The van der Waals surface area contributed by atoms with Gasteiger partial charge < -0.3 is 5.73 Å². The molecule has 5 heteroatoms. The Morgan fingerprint density at radius 2 is 2.36 bits per heavy atom. The molecule has 0 unspecified atom stereocenters. The summed E-state index contributed by atoms with van der Waals surface area (Å²) in [6.45, 7) is 1.69. The van der Waals surface area contributed by atoms with Crippen LogP contribution in [0.1, 0.15) is 16.2 Å². The summed E-state index contributed by atoms with van der Waals surface area (Å²) in [5.74, 6) is -0.626. The van der Waals surface area contributed by atoms with E-state index in [2.05, 4.69) is 9.97 Å². The third-order valence-electron chi connectivity index (χ3n) is 1.15. The van der Waals surface area contributed by atoms with Crippen LogP contribution < -0.4 is 5.73 Å². The lowest BCUT2D eigenvalue weighted by Crippen LogP contribution is -2.13. The third kappa shape index (κ3) is 1.65. The maximum absolute atomic E-state index is 10.5. The lowest BCUT2D eigenvalue weighted by atomic mass is 10.4. The van der Waals surface area contributed by atoms with E-state index >= 15 is 0 Å². The summed E-state index contributed by atoms with van der Waals surface area (Å²) in [4.78, 5) is 18.0. The molecule has 0 saturated carbocycles. The zero-order valence-corrected chi connectivity index (χ0v) is 6.59. The molecule has 0 aliphatic rings. The second kappa shape index (κ2) is 2.84. The van der Waals surface area contributed by atoms with Crippen molar-refractivity contribution < 1.29 is 4.79 Å². The Morgan fingerprint density at radius 1 is 1.73 bits per heavy atom. The van der Waals surface area contributed by atoms with Crippen LogP contribution in [0.3, 0.4) is 0 Å². The zero-order chi connectivity index (χ0) is 8.43. The smallest absolute Gasteiger partial charge is 0.268 e. The van der Waals surface area contributed by atoms with E-state index in [-0.39, 0.29) is 10.8 Å². The summed E-state index contributed by atoms with van der Waals surface area (Å²) < 4.78 is 0.